The van der Waals surface area contributed by atoms with Gasteiger partial charge in [-0.25, -0.2) is 9.97 Å². The van der Waals surface area contributed by atoms with Crippen LogP contribution < -0.4 is 5.73 Å². The predicted octanol–water partition coefficient (Wildman–Crippen LogP) is 2.30. The molecule has 0 aliphatic rings. The molecule has 16 heavy (non-hydrogen) atoms. The van der Waals surface area contributed by atoms with Crippen LogP contribution in [-0.2, 0) is 6.42 Å². The Morgan fingerprint density at radius 1 is 1.44 bits per heavy atom. The third-order valence-corrected chi connectivity index (χ3v) is 2.82. The van der Waals surface area contributed by atoms with Crippen LogP contribution in [0.15, 0.2) is 29.9 Å². The van der Waals surface area contributed by atoms with E-state index in [9.17, 15) is 0 Å². The summed E-state index contributed by atoms with van der Waals surface area (Å²) in [5.41, 5.74) is 8.40. The number of allylic oxidation sites excluding steroid dienone is 1. The topological polar surface area (TPSA) is 64.7 Å². The number of thiazole rings is 1. The van der Waals surface area contributed by atoms with E-state index in [1.807, 2.05) is 12.3 Å². The highest BCUT2D eigenvalue weighted by Crippen LogP contribution is 2.22. The largest absolute Gasteiger partial charge is 0.382 e. The van der Waals surface area contributed by atoms with Crippen molar-refractivity contribution < 1.29 is 0 Å². The highest BCUT2D eigenvalue weighted by atomic mass is 32.1. The minimum absolute atomic E-state index is 0.411. The molecule has 0 radical (unpaired) electrons. The fourth-order valence-corrected chi connectivity index (χ4v) is 2.07. The SMILES string of the molecule is C=C(C)Cc1csc(-c2cncc(N)n2)n1. The molecule has 0 aromatic carbocycles. The van der Waals surface area contributed by atoms with Gasteiger partial charge in [0.05, 0.1) is 18.1 Å². The highest BCUT2D eigenvalue weighted by Gasteiger charge is 2.06. The fourth-order valence-electron chi connectivity index (χ4n) is 1.30. The summed E-state index contributed by atoms with van der Waals surface area (Å²) in [7, 11) is 0. The summed E-state index contributed by atoms with van der Waals surface area (Å²) in [6, 6.07) is 0. The first-order valence-electron chi connectivity index (χ1n) is 4.82. The first kappa shape index (κ1) is 10.8. The predicted molar refractivity (Wildman–Crippen MR) is 66.1 cm³/mol. The van der Waals surface area contributed by atoms with E-state index in [0.29, 0.717) is 5.82 Å². The second kappa shape index (κ2) is 4.40. The maximum atomic E-state index is 5.57. The molecule has 82 valence electrons. The average Bonchev–Trinajstić information content (AvgIpc) is 2.65. The van der Waals surface area contributed by atoms with Gasteiger partial charge in [0.1, 0.15) is 16.5 Å². The van der Waals surface area contributed by atoms with E-state index in [1.54, 1.807) is 17.5 Å². The van der Waals surface area contributed by atoms with Gasteiger partial charge in [-0.15, -0.1) is 11.3 Å². The highest BCUT2D eigenvalue weighted by molar-refractivity contribution is 7.13. The third-order valence-electron chi connectivity index (χ3n) is 1.91. The van der Waals surface area contributed by atoms with Crippen molar-refractivity contribution in [2.75, 3.05) is 5.73 Å². The van der Waals surface area contributed by atoms with Gasteiger partial charge in [-0.05, 0) is 6.92 Å². The number of nitrogens with zero attached hydrogens (tertiary/aromatic N) is 3. The van der Waals surface area contributed by atoms with E-state index in [2.05, 4.69) is 21.5 Å². The second-order valence-electron chi connectivity index (χ2n) is 3.61. The lowest BCUT2D eigenvalue weighted by Gasteiger charge is -1.96. The van der Waals surface area contributed by atoms with Gasteiger partial charge in [-0.2, -0.15) is 0 Å². The molecule has 2 N–H and O–H groups in total. The first-order chi connectivity index (χ1) is 7.65. The number of anilines is 1. The number of nitrogens with two attached hydrogens (primary N) is 1. The molecule has 2 aromatic rings. The van der Waals surface area contributed by atoms with Crippen molar-refractivity contribution in [1.29, 1.82) is 0 Å². The van der Waals surface area contributed by atoms with E-state index < -0.39 is 0 Å². The molecule has 0 spiro atoms. The van der Waals surface area contributed by atoms with Crippen molar-refractivity contribution in [2.45, 2.75) is 13.3 Å². The van der Waals surface area contributed by atoms with Crippen LogP contribution in [0.25, 0.3) is 10.7 Å². The van der Waals surface area contributed by atoms with Crippen LogP contribution in [0.1, 0.15) is 12.6 Å². The Hall–Kier alpha value is -1.75. The molecular formula is C11H12N4S. The van der Waals surface area contributed by atoms with Crippen molar-refractivity contribution in [3.8, 4) is 10.7 Å². The molecule has 5 heteroatoms. The number of rotatable bonds is 3. The molecule has 0 saturated heterocycles. The molecule has 0 amide bonds. The minimum atomic E-state index is 0.411. The van der Waals surface area contributed by atoms with Crippen LogP contribution in [0.2, 0.25) is 0 Å². The Morgan fingerprint density at radius 3 is 2.94 bits per heavy atom. The van der Waals surface area contributed by atoms with Crippen LogP contribution in [-0.4, -0.2) is 15.0 Å². The van der Waals surface area contributed by atoms with Gasteiger partial charge >= 0.3 is 0 Å². The summed E-state index contributed by atoms with van der Waals surface area (Å²) in [5, 5.41) is 2.85. The summed E-state index contributed by atoms with van der Waals surface area (Å²) < 4.78 is 0. The number of nitrogen functional groups attached to an aromatic ring is 1. The van der Waals surface area contributed by atoms with Crippen LogP contribution in [0, 0.1) is 0 Å². The molecule has 0 fully saturated rings. The van der Waals surface area contributed by atoms with Gasteiger partial charge in [-0.1, -0.05) is 12.2 Å². The van der Waals surface area contributed by atoms with Crippen molar-refractivity contribution in [3.05, 3.63) is 35.6 Å². The van der Waals surface area contributed by atoms with Crippen molar-refractivity contribution in [3.63, 3.8) is 0 Å². The zero-order chi connectivity index (χ0) is 11.5. The maximum absolute atomic E-state index is 5.57. The van der Waals surface area contributed by atoms with Crippen LogP contribution in [0.5, 0.6) is 0 Å². The van der Waals surface area contributed by atoms with Gasteiger partial charge in [0, 0.05) is 11.8 Å². The van der Waals surface area contributed by atoms with E-state index >= 15 is 0 Å². The van der Waals surface area contributed by atoms with Gasteiger partial charge in [0.2, 0.25) is 0 Å². The molecular weight excluding hydrogens is 220 g/mol. The lowest BCUT2D eigenvalue weighted by atomic mass is 10.2. The van der Waals surface area contributed by atoms with Crippen LogP contribution in [0.4, 0.5) is 5.82 Å². The zero-order valence-electron chi connectivity index (χ0n) is 8.97. The normalized spacial score (nSPS) is 10.3. The summed E-state index contributed by atoms with van der Waals surface area (Å²) in [4.78, 5) is 12.6. The zero-order valence-corrected chi connectivity index (χ0v) is 9.79. The second-order valence-corrected chi connectivity index (χ2v) is 4.47. The van der Waals surface area contributed by atoms with Gasteiger partial charge in [0.25, 0.3) is 0 Å². The van der Waals surface area contributed by atoms with Gasteiger partial charge < -0.3 is 5.73 Å². The Kier molecular flexibility index (Phi) is 2.96. The maximum Gasteiger partial charge on any atom is 0.143 e. The Balaban J connectivity index is 2.28. The molecule has 0 atom stereocenters. The minimum Gasteiger partial charge on any atom is -0.382 e. The first-order valence-corrected chi connectivity index (χ1v) is 5.70. The van der Waals surface area contributed by atoms with Crippen LogP contribution in [0.3, 0.4) is 0 Å². The molecule has 2 rings (SSSR count). The number of hydrogen-bond acceptors (Lipinski definition) is 5. The lowest BCUT2D eigenvalue weighted by molar-refractivity contribution is 1.08. The summed E-state index contributed by atoms with van der Waals surface area (Å²) in [6.45, 7) is 5.85. The van der Waals surface area contributed by atoms with E-state index in [1.165, 1.54) is 6.20 Å². The van der Waals surface area contributed by atoms with Crippen molar-refractivity contribution in [1.82, 2.24) is 15.0 Å². The van der Waals surface area contributed by atoms with Crippen LogP contribution >= 0.6 is 11.3 Å². The Labute approximate surface area is 97.9 Å². The summed E-state index contributed by atoms with van der Waals surface area (Å²) in [5.74, 6) is 0.411. The molecule has 2 aromatic heterocycles. The molecule has 4 nitrogen and oxygen atoms in total. The Morgan fingerprint density at radius 2 is 2.25 bits per heavy atom. The smallest absolute Gasteiger partial charge is 0.143 e. The molecule has 0 unspecified atom stereocenters. The fraction of sp³-hybridized carbons (Fsp3) is 0.182. The summed E-state index contributed by atoms with van der Waals surface area (Å²) >= 11 is 1.54. The number of aromatic nitrogens is 3. The monoisotopic (exact) mass is 232 g/mol. The third kappa shape index (κ3) is 2.43. The van der Waals surface area contributed by atoms with Crippen molar-refractivity contribution in [2.24, 2.45) is 0 Å². The van der Waals surface area contributed by atoms with E-state index in [-0.39, 0.29) is 0 Å². The summed E-state index contributed by atoms with van der Waals surface area (Å²) in [6.07, 6.45) is 3.98. The molecule has 0 bridgehead atoms. The van der Waals surface area contributed by atoms with Gasteiger partial charge in [-0.3, -0.25) is 4.98 Å². The molecule has 0 aliphatic heterocycles. The Bertz CT molecular complexity index is 518. The van der Waals surface area contributed by atoms with Crippen molar-refractivity contribution >= 4 is 17.2 Å². The van der Waals surface area contributed by atoms with E-state index in [4.69, 9.17) is 5.73 Å². The molecule has 0 aliphatic carbocycles. The molecule has 0 saturated carbocycles. The standard InChI is InChI=1S/C11H12N4S/c1-7(2)3-8-6-16-11(14-8)9-4-13-5-10(12)15-9/h4-6H,1,3H2,2H3,(H2,12,15). The number of hydrogen-bond donors (Lipinski definition) is 1. The lowest BCUT2D eigenvalue weighted by Crippen LogP contribution is -1.93. The average molecular weight is 232 g/mol. The van der Waals surface area contributed by atoms with Gasteiger partial charge in [0.15, 0.2) is 0 Å². The quantitative estimate of drug-likeness (QED) is 0.825. The van der Waals surface area contributed by atoms with E-state index in [0.717, 1.165) is 28.4 Å². The molecule has 2 heterocycles.